The van der Waals surface area contributed by atoms with E-state index < -0.39 is 0 Å². The predicted molar refractivity (Wildman–Crippen MR) is 68.7 cm³/mol. The highest BCUT2D eigenvalue weighted by molar-refractivity contribution is 14.2. The molecule has 1 N–H and O–H groups in total. The van der Waals surface area contributed by atoms with E-state index in [0.29, 0.717) is 13.2 Å². The van der Waals surface area contributed by atoms with Gasteiger partial charge >= 0.3 is 5.97 Å². The Labute approximate surface area is 107 Å². The van der Waals surface area contributed by atoms with Crippen LogP contribution in [0.15, 0.2) is 0 Å². The summed E-state index contributed by atoms with van der Waals surface area (Å²) in [6.45, 7) is 3.71. The summed E-state index contributed by atoms with van der Waals surface area (Å²) in [5.41, 5.74) is 0. The number of hydrogen-bond donors (Lipinski definition) is 1. The second-order valence-corrected chi connectivity index (χ2v) is 5.11. The molecule has 0 aliphatic carbocycles. The first-order chi connectivity index (χ1) is 7.29. The molecule has 1 aliphatic heterocycles. The molecule has 0 aromatic heterocycles. The summed E-state index contributed by atoms with van der Waals surface area (Å²) in [5.74, 6) is 0.0669. The quantitative estimate of drug-likeness (QED) is 0.469. The van der Waals surface area contributed by atoms with E-state index >= 15 is 0 Å². The number of carbonyl (C=O) groups excluding carboxylic acids is 1. The van der Waals surface area contributed by atoms with Gasteiger partial charge in [-0.3, -0.25) is 4.79 Å². The lowest BCUT2D eigenvalue weighted by molar-refractivity contribution is -0.147. The summed E-state index contributed by atoms with van der Waals surface area (Å²) in [4.78, 5) is 11.7. The van der Waals surface area contributed by atoms with Crippen LogP contribution in [0.4, 0.5) is 0 Å². The molecule has 4 nitrogen and oxygen atoms in total. The summed E-state index contributed by atoms with van der Waals surface area (Å²) in [6.07, 6.45) is 2.04. The van der Waals surface area contributed by atoms with Gasteiger partial charge in [-0.05, 0) is 28.9 Å². The second kappa shape index (κ2) is 7.70. The van der Waals surface area contributed by atoms with Crippen molar-refractivity contribution in [2.24, 2.45) is 5.92 Å². The van der Waals surface area contributed by atoms with Crippen LogP contribution in [-0.2, 0) is 14.3 Å². The maximum atomic E-state index is 11.7. The first-order valence-corrected chi connectivity index (χ1v) is 8.43. The molecule has 15 heavy (non-hydrogen) atoms. The lowest BCUT2D eigenvalue weighted by Gasteiger charge is -2.28. The highest BCUT2D eigenvalue weighted by Gasteiger charge is 2.30. The maximum Gasteiger partial charge on any atom is 0.324 e. The highest BCUT2D eigenvalue weighted by Crippen LogP contribution is 2.21. The lowest BCUT2D eigenvalue weighted by atomic mass is 9.94. The molecule has 0 unspecified atom stereocenters. The molecule has 0 spiro atoms. The highest BCUT2D eigenvalue weighted by atomic mass is 127. The Hall–Kier alpha value is 0.470. The van der Waals surface area contributed by atoms with Gasteiger partial charge < -0.3 is 9.47 Å². The molecule has 0 bridgehead atoms. The summed E-state index contributed by atoms with van der Waals surface area (Å²) < 4.78 is 13.5. The minimum atomic E-state index is -0.243. The normalized spacial score (nSPS) is 23.5. The van der Waals surface area contributed by atoms with Gasteiger partial charge in [0.25, 0.3) is 0 Å². The third-order valence-corrected chi connectivity index (χ3v) is 3.48. The van der Waals surface area contributed by atoms with E-state index in [2.05, 4.69) is 25.9 Å². The minimum absolute atomic E-state index is 0.169. The van der Waals surface area contributed by atoms with Crippen LogP contribution in [0.1, 0.15) is 19.8 Å². The third-order valence-electron chi connectivity index (χ3n) is 2.38. The average molecular weight is 345 g/mol. The second-order valence-electron chi connectivity index (χ2n) is 3.40. The van der Waals surface area contributed by atoms with Gasteiger partial charge in [0.2, 0.25) is 0 Å². The van der Waals surface area contributed by atoms with Crippen molar-refractivity contribution in [2.45, 2.75) is 25.8 Å². The van der Waals surface area contributed by atoms with Gasteiger partial charge in [0.05, 0.1) is 13.2 Å². The number of ether oxygens (including phenoxy) is 2. The molecular weight excluding hydrogens is 329 g/mol. The molecule has 1 fully saturated rings. The van der Waals surface area contributed by atoms with Crippen molar-refractivity contribution in [3.05, 3.63) is 0 Å². The number of hydrogen-bond acceptors (Lipinski definition) is 5. The lowest BCUT2D eigenvalue weighted by Crippen LogP contribution is -2.43. The standard InChI is InChI=1S/C9H16INO3S/c1-2-14-9(12)8(11-15-10)7-4-3-5-13-6-7/h7-8,11H,2-6H2,1H3/t7-,8+/m0/s1. The Kier molecular flexibility index (Phi) is 6.94. The van der Waals surface area contributed by atoms with E-state index in [9.17, 15) is 4.79 Å². The van der Waals surface area contributed by atoms with Crippen molar-refractivity contribution >= 4 is 36.3 Å². The zero-order chi connectivity index (χ0) is 11.1. The van der Waals surface area contributed by atoms with E-state index in [1.165, 1.54) is 9.12 Å². The summed E-state index contributed by atoms with van der Waals surface area (Å²) >= 11 is 2.12. The molecule has 0 radical (unpaired) electrons. The third kappa shape index (κ3) is 4.46. The Bertz CT molecular complexity index is 200. The molecule has 0 aromatic rings. The van der Waals surface area contributed by atoms with Crippen LogP contribution in [-0.4, -0.2) is 31.8 Å². The topological polar surface area (TPSA) is 47.6 Å². The van der Waals surface area contributed by atoms with Gasteiger partial charge in [0.1, 0.15) is 6.04 Å². The first kappa shape index (κ1) is 13.5. The smallest absolute Gasteiger partial charge is 0.324 e. The number of esters is 1. The number of carbonyl (C=O) groups is 1. The summed E-state index contributed by atoms with van der Waals surface area (Å²) in [7, 11) is 1.42. The van der Waals surface area contributed by atoms with Gasteiger partial charge in [0.15, 0.2) is 0 Å². The van der Waals surface area contributed by atoms with Crippen molar-refractivity contribution in [1.29, 1.82) is 0 Å². The zero-order valence-electron chi connectivity index (χ0n) is 8.70. The van der Waals surface area contributed by atoms with Gasteiger partial charge in [-0.15, -0.1) is 0 Å². The molecule has 2 atom stereocenters. The van der Waals surface area contributed by atoms with Crippen LogP contribution in [0, 0.1) is 5.92 Å². The minimum Gasteiger partial charge on any atom is -0.465 e. The van der Waals surface area contributed by atoms with Crippen molar-refractivity contribution in [2.75, 3.05) is 19.8 Å². The van der Waals surface area contributed by atoms with E-state index in [4.69, 9.17) is 9.47 Å². The Morgan fingerprint density at radius 2 is 2.60 bits per heavy atom. The summed E-state index contributed by atoms with van der Waals surface area (Å²) in [5, 5.41) is 0. The number of rotatable bonds is 5. The molecular formula is C9H16INO3S. The first-order valence-electron chi connectivity index (χ1n) is 5.07. The fourth-order valence-corrected chi connectivity index (χ4v) is 2.85. The molecule has 1 aliphatic rings. The number of nitrogens with one attached hydrogen (secondary N) is 1. The van der Waals surface area contributed by atoms with Crippen LogP contribution in [0.2, 0.25) is 0 Å². The van der Waals surface area contributed by atoms with E-state index in [1.54, 1.807) is 0 Å². The molecule has 1 saturated heterocycles. The fraction of sp³-hybridized carbons (Fsp3) is 0.889. The Morgan fingerprint density at radius 1 is 1.80 bits per heavy atom. The van der Waals surface area contributed by atoms with Gasteiger partial charge in [-0.25, -0.2) is 4.72 Å². The molecule has 0 amide bonds. The van der Waals surface area contributed by atoms with Crippen LogP contribution in [0.5, 0.6) is 0 Å². The van der Waals surface area contributed by atoms with Crippen molar-refractivity contribution in [1.82, 2.24) is 4.72 Å². The van der Waals surface area contributed by atoms with E-state index in [1.807, 2.05) is 6.92 Å². The predicted octanol–water partition coefficient (Wildman–Crippen LogP) is 1.93. The van der Waals surface area contributed by atoms with Crippen molar-refractivity contribution in [3.8, 4) is 0 Å². The van der Waals surface area contributed by atoms with Crippen LogP contribution in [0.3, 0.4) is 0 Å². The molecule has 0 saturated carbocycles. The van der Waals surface area contributed by atoms with E-state index in [0.717, 1.165) is 19.4 Å². The van der Waals surface area contributed by atoms with Crippen molar-refractivity contribution < 1.29 is 14.3 Å². The van der Waals surface area contributed by atoms with Gasteiger partial charge in [-0.2, -0.15) is 0 Å². The summed E-state index contributed by atoms with van der Waals surface area (Å²) in [6, 6.07) is -0.243. The van der Waals surface area contributed by atoms with Crippen LogP contribution < -0.4 is 4.72 Å². The largest absolute Gasteiger partial charge is 0.465 e. The SMILES string of the molecule is CCOC(=O)[C@H](NSI)[C@H]1CCCOC1. The number of halogens is 1. The molecule has 0 aromatic carbocycles. The molecule has 88 valence electrons. The zero-order valence-corrected chi connectivity index (χ0v) is 11.7. The average Bonchev–Trinajstić information content (AvgIpc) is 2.27. The Balaban J connectivity index is 2.50. The molecule has 6 heteroatoms. The monoisotopic (exact) mass is 345 g/mol. The van der Waals surface area contributed by atoms with Gasteiger partial charge in [0, 0.05) is 33.7 Å². The van der Waals surface area contributed by atoms with E-state index in [-0.39, 0.29) is 17.9 Å². The van der Waals surface area contributed by atoms with Crippen LogP contribution >= 0.6 is 30.3 Å². The van der Waals surface area contributed by atoms with Crippen molar-refractivity contribution in [3.63, 3.8) is 0 Å². The fourth-order valence-electron chi connectivity index (χ4n) is 1.65. The molecule has 1 heterocycles. The van der Waals surface area contributed by atoms with Gasteiger partial charge in [-0.1, -0.05) is 0 Å². The Morgan fingerprint density at radius 3 is 3.13 bits per heavy atom. The molecule has 1 rings (SSSR count). The van der Waals surface area contributed by atoms with Crippen LogP contribution in [0.25, 0.3) is 0 Å². The maximum absolute atomic E-state index is 11.7.